The minimum atomic E-state index is -1.82. The van der Waals surface area contributed by atoms with Gasteiger partial charge in [-0.3, -0.25) is 15.6 Å². The molecular weight excluding hydrogens is 1180 g/mol. The van der Waals surface area contributed by atoms with Gasteiger partial charge in [-0.1, -0.05) is 12.1 Å². The van der Waals surface area contributed by atoms with Crippen molar-refractivity contribution in [1.82, 2.24) is 104 Å². The second-order valence-electron chi connectivity index (χ2n) is 19.2. The number of carboxylic acids is 2. The number of benzene rings is 1. The fourth-order valence-electron chi connectivity index (χ4n) is 8.65. The number of nitrogens with two attached hydrogens (primary N) is 2. The van der Waals surface area contributed by atoms with E-state index in [9.17, 15) is 28.7 Å². The number of carboxylic acid groups (broad SMARTS) is 2. The zero-order valence-corrected chi connectivity index (χ0v) is 48.2. The van der Waals surface area contributed by atoms with E-state index in [-0.39, 0.29) is 65.7 Å². The molecule has 88 heavy (non-hydrogen) atoms. The second-order valence-corrected chi connectivity index (χ2v) is 19.2. The Morgan fingerprint density at radius 2 is 1.23 bits per heavy atom. The quantitative estimate of drug-likeness (QED) is 0.0231. The van der Waals surface area contributed by atoms with Crippen LogP contribution in [0.4, 0.5) is 21.1 Å². The molecule has 40 nitrogen and oxygen atoms in total. The first-order valence-corrected chi connectivity index (χ1v) is 26.3. The summed E-state index contributed by atoms with van der Waals surface area (Å²) in [6, 6.07) is 6.55. The number of nitrogens with zero attached hydrogens (tertiary/aromatic N) is 19. The van der Waals surface area contributed by atoms with Gasteiger partial charge in [-0.25, -0.2) is 67.2 Å². The number of hydrogen-bond donors (Lipinski definition) is 8. The Bertz CT molecular complexity index is 3910. The van der Waals surface area contributed by atoms with E-state index in [1.807, 2.05) is 11.5 Å². The lowest BCUT2D eigenvalue weighted by molar-refractivity contribution is -0.159. The molecule has 2 amide bonds. The molecule has 472 valence electrons. The molecule has 3 aliphatic heterocycles. The molecule has 3 aliphatic rings. The zero-order chi connectivity index (χ0) is 63.9. The molecule has 0 saturated carbocycles. The molecule has 1 aromatic carbocycles. The van der Waals surface area contributed by atoms with Gasteiger partial charge < -0.3 is 53.1 Å². The number of carbonyl (C=O) groups is 3. The van der Waals surface area contributed by atoms with E-state index in [1.165, 1.54) is 35.2 Å². The van der Waals surface area contributed by atoms with Crippen LogP contribution in [0.3, 0.4) is 0 Å². The van der Waals surface area contributed by atoms with Crippen molar-refractivity contribution in [2.75, 3.05) is 24.2 Å². The van der Waals surface area contributed by atoms with E-state index in [1.54, 1.807) is 61.5 Å². The molecule has 8 aromatic heterocycles. The lowest BCUT2D eigenvalue weighted by atomic mass is 9.99. The number of halogens is 1. The number of epoxide rings is 1. The first-order chi connectivity index (χ1) is 41.8. The normalized spacial score (nSPS) is 16.6. The van der Waals surface area contributed by atoms with Crippen molar-refractivity contribution >= 4 is 29.9 Å². The van der Waals surface area contributed by atoms with Gasteiger partial charge in [0.15, 0.2) is 0 Å². The Hall–Kier alpha value is -10.5. The number of amides is 2. The number of anilines is 2. The highest BCUT2D eigenvalue weighted by atomic mass is 19.1. The van der Waals surface area contributed by atoms with Crippen LogP contribution in [0.25, 0.3) is 17.8 Å². The monoisotopic (exact) mass is 1240 g/mol. The van der Waals surface area contributed by atoms with E-state index in [2.05, 4.69) is 90.4 Å². The number of aromatic nitrogens is 19. The number of hydrazine groups is 1. The zero-order valence-electron chi connectivity index (χ0n) is 48.2. The number of hydrogen-bond acceptors (Lipinski definition) is 30. The Balaban J connectivity index is 0.000000170. The van der Waals surface area contributed by atoms with E-state index < -0.39 is 29.8 Å². The molecule has 12 rings (SSSR count). The molecule has 3 fully saturated rings. The number of rotatable bonds is 13. The van der Waals surface area contributed by atoms with Crippen LogP contribution in [0.2, 0.25) is 0 Å². The molecule has 10 N–H and O–H groups in total. The third-order valence-electron chi connectivity index (χ3n) is 12.4. The summed E-state index contributed by atoms with van der Waals surface area (Å²) in [5, 5.41) is 60.0. The number of carbonyl (C=O) groups excluding carboxylic acids is 1. The number of H-pyrrole nitrogens is 1. The molecular formula is C47H61FN24O16. The van der Waals surface area contributed by atoms with Crippen molar-refractivity contribution in [1.29, 1.82) is 0 Å². The summed E-state index contributed by atoms with van der Waals surface area (Å²) in [5.74, 6) is 5.19. The van der Waals surface area contributed by atoms with Crippen LogP contribution in [0, 0.1) is 61.2 Å². The summed E-state index contributed by atoms with van der Waals surface area (Å²) in [6.07, 6.45) is 3.34. The predicted molar refractivity (Wildman–Crippen MR) is 289 cm³/mol. The molecule has 2 bridgehead atoms. The van der Waals surface area contributed by atoms with Crippen molar-refractivity contribution in [2.24, 2.45) is 5.84 Å². The number of aliphatic hydroxyl groups excluding tert-OH is 1. The molecule has 0 aliphatic carbocycles. The average Bonchev–Trinajstić information content (AvgIpc) is 2.21. The number of aliphatic hydroxyl groups is 1. The predicted octanol–water partition coefficient (Wildman–Crippen LogP) is -0.772. The van der Waals surface area contributed by atoms with E-state index >= 15 is 0 Å². The van der Waals surface area contributed by atoms with Crippen molar-refractivity contribution in [3.05, 3.63) is 114 Å². The van der Waals surface area contributed by atoms with Gasteiger partial charge >= 0.3 is 35.0 Å². The molecule has 4 atom stereocenters. The number of piperidine rings is 1. The maximum absolute atomic E-state index is 13.4. The molecule has 0 radical (unpaired) electrons. The van der Waals surface area contributed by atoms with Gasteiger partial charge in [0.2, 0.25) is 29.5 Å². The smallest absolute Gasteiger partial charge is 0.414 e. The number of ether oxygens (including phenoxy) is 2. The number of aliphatic carboxylic acids is 2. The summed E-state index contributed by atoms with van der Waals surface area (Å²) in [5.41, 5.74) is 6.68. The van der Waals surface area contributed by atoms with Crippen molar-refractivity contribution in [2.45, 2.75) is 131 Å². The summed E-state index contributed by atoms with van der Waals surface area (Å²) < 4.78 is 54.6. The summed E-state index contributed by atoms with van der Waals surface area (Å²) in [6.45, 7) is 15.4. The number of urea groups is 1. The van der Waals surface area contributed by atoms with Gasteiger partial charge in [-0.2, -0.15) is 40.2 Å². The van der Waals surface area contributed by atoms with E-state index in [0.29, 0.717) is 85.3 Å². The van der Waals surface area contributed by atoms with Crippen LogP contribution in [0.5, 0.6) is 0 Å². The van der Waals surface area contributed by atoms with Crippen LogP contribution < -0.4 is 39.4 Å². The highest BCUT2D eigenvalue weighted by Gasteiger charge is 2.42. The fourth-order valence-corrected chi connectivity index (χ4v) is 8.65. The first kappa shape index (κ1) is 65.0. The molecule has 3 saturated heterocycles. The highest BCUT2D eigenvalue weighted by molar-refractivity contribution is 6.27. The Labute approximate surface area is 492 Å². The minimum Gasteiger partial charge on any atom is -0.473 e. The van der Waals surface area contributed by atoms with Gasteiger partial charge in [0, 0.05) is 53.2 Å². The fraction of sp³-hybridized carbons (Fsp3) is 0.468. The summed E-state index contributed by atoms with van der Waals surface area (Å²) >= 11 is 0. The number of aromatic amines is 1. The third-order valence-corrected chi connectivity index (χ3v) is 12.4. The van der Waals surface area contributed by atoms with Crippen molar-refractivity contribution < 1.29 is 66.2 Å². The summed E-state index contributed by atoms with van der Waals surface area (Å²) in [7, 11) is 0. The molecule has 0 spiro atoms. The number of nitrogens with one attached hydrogen (secondary N) is 3. The van der Waals surface area contributed by atoms with Crippen molar-refractivity contribution in [3.63, 3.8) is 0 Å². The topological polar surface area (TPSA) is 538 Å². The van der Waals surface area contributed by atoms with Crippen molar-refractivity contribution in [3.8, 4) is 17.8 Å². The molecule has 9 aromatic rings. The number of aryl methyl sites for hydroxylation is 8. The van der Waals surface area contributed by atoms with Crippen LogP contribution in [-0.2, 0) is 38.8 Å². The lowest BCUT2D eigenvalue weighted by Crippen LogP contribution is -2.49. The van der Waals surface area contributed by atoms with Crippen LogP contribution in [0.15, 0.2) is 61.3 Å². The largest absolute Gasteiger partial charge is 0.473 e. The average molecular weight is 1240 g/mol. The highest BCUT2D eigenvalue weighted by Crippen LogP contribution is 2.37. The number of fused-ring (bicyclic) bond motifs is 2. The van der Waals surface area contributed by atoms with E-state index in [4.69, 9.17) is 54.4 Å². The van der Waals surface area contributed by atoms with Gasteiger partial charge in [0.25, 0.3) is 29.7 Å². The van der Waals surface area contributed by atoms with Gasteiger partial charge in [-0.15, -0.1) is 0 Å². The minimum absolute atomic E-state index is 0.0823. The SMILES string of the molecule is Cc1nc(-n2c(C)n[nH]c2=O)no1.Cc1nc(-n2c(C)nn(CC(O)CN3C4CCC3CC(OCc3cccc(F)c3)C4)c2=O)no1.Cc1nc(-n2c(C)nn(CC3CO3)c2=O)no1.Cc1nc(N)no1.Cc1nc(NC(=O)NN)no1.O=C(O)C(=O)O. The number of nitrogen functional groups attached to an aromatic ring is 1. The molecule has 4 unspecified atom stereocenters. The van der Waals surface area contributed by atoms with E-state index in [0.717, 1.165) is 31.2 Å². The van der Waals surface area contributed by atoms with Crippen LogP contribution in [0.1, 0.15) is 78.2 Å². The van der Waals surface area contributed by atoms with Gasteiger partial charge in [-0.05, 0) is 89.9 Å². The maximum Gasteiger partial charge on any atom is 0.414 e. The van der Waals surface area contributed by atoms with Crippen LogP contribution in [-0.4, -0.2) is 176 Å². The third kappa shape index (κ3) is 18.0. The Morgan fingerprint density at radius 1 is 0.716 bits per heavy atom. The molecule has 11 heterocycles. The first-order valence-electron chi connectivity index (χ1n) is 26.3. The second kappa shape index (κ2) is 29.5. The van der Waals surface area contributed by atoms with Crippen LogP contribution >= 0.6 is 0 Å². The van der Waals surface area contributed by atoms with Gasteiger partial charge in [0.05, 0.1) is 38.5 Å². The maximum atomic E-state index is 13.4. The summed E-state index contributed by atoms with van der Waals surface area (Å²) in [4.78, 5) is 86.4. The Morgan fingerprint density at radius 3 is 1.66 bits per heavy atom. The Kier molecular flexibility index (Phi) is 21.8. The molecule has 41 heteroatoms. The van der Waals surface area contributed by atoms with Gasteiger partial charge in [0.1, 0.15) is 29.4 Å². The lowest BCUT2D eigenvalue weighted by Gasteiger charge is -2.39. The standard InChI is InChI=1S/C23H29FN6O4.C9H11N5O3.C6H7N5O2.C4H7N5O2.C3H5N3O.C2H2O4/c1-14-26-29(23(32)30(14)22-25-15(2)34-27-22)12-20(31)11-28-18-6-7-19(28)10-21(9-18)33-13-16-4-3-5-17(24)8-16;1-5-11-13(3-7-4-16-7)9(15)14(5)8-10-6(2)17-12-8;1-3-8-9-6(12)11(3)5-7-4(2)13-10-5;1-2-6-3(9-11-2)7-4(10)8-5;1-2-5-3(4)6-7-2;3-1(4)2(5)6/h3-5,8,18-21,31H,6-7,9-13H2,1-2H3;7H,3-4H2,1-2H3;1-2H3,(H,9,12);5H2,1H3,(H2,7,8,9,10);1H3,(H2,4,6);(H,3,4)(H,5,6).